The van der Waals surface area contributed by atoms with E-state index in [1.54, 1.807) is 5.92 Å². The Bertz CT molecular complexity index is 264. The summed E-state index contributed by atoms with van der Waals surface area (Å²) in [6.07, 6.45) is 4.68. The summed E-state index contributed by atoms with van der Waals surface area (Å²) in [6.45, 7) is 0. The zero-order chi connectivity index (χ0) is 8.69. The van der Waals surface area contributed by atoms with Crippen LogP contribution in [0.15, 0.2) is 0 Å². The van der Waals surface area contributed by atoms with Crippen molar-refractivity contribution in [2.24, 2.45) is 0 Å². The lowest BCUT2D eigenvalue weighted by Gasteiger charge is -1.85. The van der Waals surface area contributed by atoms with Crippen molar-refractivity contribution in [2.45, 2.75) is 0 Å². The van der Waals surface area contributed by atoms with Crippen molar-refractivity contribution in [2.75, 3.05) is 7.11 Å². The minimum absolute atomic E-state index is 0.693. The highest BCUT2D eigenvalue weighted by molar-refractivity contribution is 5.95. The molecule has 11 heavy (non-hydrogen) atoms. The van der Waals surface area contributed by atoms with Gasteiger partial charge in [-0.3, -0.25) is 10.1 Å². The van der Waals surface area contributed by atoms with Crippen LogP contribution < -0.4 is 5.32 Å². The highest BCUT2D eigenvalue weighted by atomic mass is 16.5. The van der Waals surface area contributed by atoms with E-state index in [9.17, 15) is 9.59 Å². The van der Waals surface area contributed by atoms with Crippen LogP contribution in [0.4, 0.5) is 0 Å². The van der Waals surface area contributed by atoms with Gasteiger partial charge in [0.25, 0.3) is 0 Å². The second-order valence-electron chi connectivity index (χ2n) is 1.34. The van der Waals surface area contributed by atoms with E-state index in [4.69, 9.17) is 0 Å². The average molecular weight is 151 g/mol. The zero-order valence-corrected chi connectivity index (χ0v) is 5.80. The number of nitrogens with one attached hydrogen (secondary N) is 1. The van der Waals surface area contributed by atoms with Crippen molar-refractivity contribution < 1.29 is 14.3 Å². The van der Waals surface area contributed by atoms with Crippen molar-refractivity contribution >= 4 is 11.9 Å². The molecule has 4 heteroatoms. The molecule has 1 amide bonds. The normalized spacial score (nSPS) is 6.55. The molecule has 0 aliphatic rings. The number of carbonyl (C=O) groups excluding carboxylic acids is 2. The smallest absolute Gasteiger partial charge is 0.385 e. The maximum absolute atomic E-state index is 10.3. The van der Waals surface area contributed by atoms with Crippen LogP contribution in [0.25, 0.3) is 0 Å². The monoisotopic (exact) mass is 151 g/mol. The van der Waals surface area contributed by atoms with Gasteiger partial charge in [0, 0.05) is 12.0 Å². The molecular weight excluding hydrogens is 146 g/mol. The minimum Gasteiger partial charge on any atom is -0.459 e. The maximum Gasteiger partial charge on any atom is 0.385 e. The van der Waals surface area contributed by atoms with Crippen LogP contribution in [0, 0.1) is 24.3 Å². The Balaban J connectivity index is 3.84. The van der Waals surface area contributed by atoms with Gasteiger partial charge in [0.15, 0.2) is 0 Å². The highest BCUT2D eigenvalue weighted by Crippen LogP contribution is 1.65. The van der Waals surface area contributed by atoms with Gasteiger partial charge in [0.05, 0.1) is 7.11 Å². The Morgan fingerprint density at radius 1 is 1.55 bits per heavy atom. The number of ether oxygens (including phenoxy) is 1. The van der Waals surface area contributed by atoms with E-state index in [0.717, 1.165) is 0 Å². The fourth-order valence-electron chi connectivity index (χ4n) is 0.226. The van der Waals surface area contributed by atoms with Crippen LogP contribution in [0.1, 0.15) is 0 Å². The summed E-state index contributed by atoms with van der Waals surface area (Å²) in [7, 11) is 1.18. The molecule has 0 radical (unpaired) electrons. The molecule has 0 rings (SSSR count). The average Bonchev–Trinajstić information content (AvgIpc) is 2.04. The summed E-state index contributed by atoms with van der Waals surface area (Å²) in [6, 6.07) is 2.02. The highest BCUT2D eigenvalue weighted by Gasteiger charge is 1.90. The Morgan fingerprint density at radius 2 is 2.18 bits per heavy atom. The molecule has 0 aromatic carbocycles. The zero-order valence-electron chi connectivity index (χ0n) is 5.80. The summed E-state index contributed by atoms with van der Waals surface area (Å²) in [5, 5.41) is 1.96. The van der Waals surface area contributed by atoms with Crippen molar-refractivity contribution in [3.05, 3.63) is 0 Å². The topological polar surface area (TPSA) is 55.4 Å². The van der Waals surface area contributed by atoms with Gasteiger partial charge >= 0.3 is 11.9 Å². The van der Waals surface area contributed by atoms with Crippen molar-refractivity contribution in [1.29, 1.82) is 0 Å². The lowest BCUT2D eigenvalue weighted by atomic mass is 10.6. The SMILES string of the molecule is C#CC(=O)NC#CC(=O)OC. The Morgan fingerprint density at radius 3 is 2.64 bits per heavy atom. The molecule has 0 heterocycles. The summed E-state index contributed by atoms with van der Waals surface area (Å²) < 4.78 is 4.15. The Hall–Kier alpha value is -1.94. The van der Waals surface area contributed by atoms with Crippen LogP contribution in [0.3, 0.4) is 0 Å². The maximum atomic E-state index is 10.3. The molecule has 4 nitrogen and oxygen atoms in total. The fraction of sp³-hybridized carbons (Fsp3) is 0.143. The molecule has 0 aromatic rings. The number of rotatable bonds is 0. The molecule has 0 saturated heterocycles. The van der Waals surface area contributed by atoms with Gasteiger partial charge < -0.3 is 4.74 Å². The number of amides is 1. The molecule has 56 valence electrons. The van der Waals surface area contributed by atoms with Crippen LogP contribution in [0.2, 0.25) is 0 Å². The van der Waals surface area contributed by atoms with Gasteiger partial charge in [-0.2, -0.15) is 0 Å². The molecule has 0 spiro atoms. The van der Waals surface area contributed by atoms with E-state index >= 15 is 0 Å². The minimum atomic E-state index is -0.734. The summed E-state index contributed by atoms with van der Waals surface area (Å²) >= 11 is 0. The third-order valence-electron chi connectivity index (χ3n) is 0.657. The number of methoxy groups -OCH3 is 1. The standard InChI is InChI=1S/C7H5NO3/c1-3-6(9)8-5-4-7(10)11-2/h1H,2H3,(H,8,9). The van der Waals surface area contributed by atoms with E-state index in [2.05, 4.69) is 11.2 Å². The van der Waals surface area contributed by atoms with Crippen molar-refractivity contribution in [3.63, 3.8) is 0 Å². The van der Waals surface area contributed by atoms with E-state index in [0.29, 0.717) is 0 Å². The third-order valence-corrected chi connectivity index (χ3v) is 0.657. The molecule has 0 fully saturated rings. The van der Waals surface area contributed by atoms with Gasteiger partial charge in [-0.15, -0.1) is 6.42 Å². The van der Waals surface area contributed by atoms with E-state index in [1.807, 2.05) is 17.3 Å². The van der Waals surface area contributed by atoms with Crippen molar-refractivity contribution in [1.82, 2.24) is 5.32 Å². The fourth-order valence-corrected chi connectivity index (χ4v) is 0.226. The molecule has 1 N–H and O–H groups in total. The van der Waals surface area contributed by atoms with Gasteiger partial charge in [0.2, 0.25) is 0 Å². The van der Waals surface area contributed by atoms with E-state index in [1.165, 1.54) is 7.11 Å². The van der Waals surface area contributed by atoms with E-state index < -0.39 is 11.9 Å². The van der Waals surface area contributed by atoms with Gasteiger partial charge in [-0.05, 0) is 5.92 Å². The molecule has 0 atom stereocenters. The van der Waals surface area contributed by atoms with Crippen LogP contribution in [-0.4, -0.2) is 19.0 Å². The van der Waals surface area contributed by atoms with Gasteiger partial charge in [-0.25, -0.2) is 4.79 Å². The number of hydrogen-bond donors (Lipinski definition) is 1. The lowest BCUT2D eigenvalue weighted by Crippen LogP contribution is -2.15. The summed E-state index contributed by atoms with van der Waals surface area (Å²) in [5.74, 6) is 2.28. The van der Waals surface area contributed by atoms with Crippen molar-refractivity contribution in [3.8, 4) is 24.3 Å². The second kappa shape index (κ2) is 4.89. The first kappa shape index (κ1) is 9.06. The molecular formula is C7H5NO3. The quantitative estimate of drug-likeness (QED) is 0.271. The molecule has 0 unspecified atom stereocenters. The van der Waals surface area contributed by atoms with Crippen LogP contribution >= 0.6 is 0 Å². The Labute approximate surface area is 63.9 Å². The van der Waals surface area contributed by atoms with Crippen LogP contribution in [0.5, 0.6) is 0 Å². The Kier molecular flexibility index (Phi) is 4.03. The lowest BCUT2D eigenvalue weighted by molar-refractivity contribution is -0.133. The van der Waals surface area contributed by atoms with E-state index in [-0.39, 0.29) is 0 Å². The van der Waals surface area contributed by atoms with Crippen LogP contribution in [-0.2, 0) is 14.3 Å². The number of terminal acetylenes is 1. The molecule has 0 bridgehead atoms. The number of esters is 1. The molecule has 0 saturated carbocycles. The first-order valence-corrected chi connectivity index (χ1v) is 2.56. The summed E-state index contributed by atoms with van der Waals surface area (Å²) in [4.78, 5) is 20.6. The molecule has 0 aromatic heterocycles. The van der Waals surface area contributed by atoms with Gasteiger partial charge in [-0.1, -0.05) is 0 Å². The molecule has 0 aliphatic carbocycles. The molecule has 0 aliphatic heterocycles. The largest absolute Gasteiger partial charge is 0.459 e. The number of carbonyl (C=O) groups is 2. The summed E-state index contributed by atoms with van der Waals surface area (Å²) in [5.41, 5.74) is 0. The predicted molar refractivity (Wildman–Crippen MR) is 36.8 cm³/mol. The van der Waals surface area contributed by atoms with Gasteiger partial charge in [0.1, 0.15) is 0 Å². The second-order valence-corrected chi connectivity index (χ2v) is 1.34. The predicted octanol–water partition coefficient (Wildman–Crippen LogP) is -1.13. The first-order chi connectivity index (χ1) is 5.20. The first-order valence-electron chi connectivity index (χ1n) is 2.56. The third kappa shape index (κ3) is 4.56. The number of hydrogen-bond acceptors (Lipinski definition) is 3.